The average Bonchev–Trinajstić information content (AvgIpc) is 3.49. The number of alkyl halides is 3. The Morgan fingerprint density at radius 3 is 2.24 bits per heavy atom. The number of carbonyl (C=O) groups is 4. The molecule has 6 atom stereocenters. The van der Waals surface area contributed by atoms with Gasteiger partial charge in [-0.3, -0.25) is 29.5 Å². The number of allylic oxidation sites excluding steroid dienone is 2. The van der Waals surface area contributed by atoms with Crippen molar-refractivity contribution in [1.82, 2.24) is 14.9 Å². The summed E-state index contributed by atoms with van der Waals surface area (Å²) >= 11 is 19.7. The van der Waals surface area contributed by atoms with Gasteiger partial charge >= 0.3 is 6.18 Å². The van der Waals surface area contributed by atoms with Gasteiger partial charge in [-0.15, -0.1) is 0 Å². The minimum Gasteiger partial charge on any atom is -0.503 e. The summed E-state index contributed by atoms with van der Waals surface area (Å²) in [4.78, 5) is 63.6. The summed E-state index contributed by atoms with van der Waals surface area (Å²) in [7, 11) is 1.35. The van der Waals surface area contributed by atoms with E-state index in [2.05, 4.69) is 42.3 Å². The SMILES string of the molecule is COc1cc(C2C3=CCC4C(=O)N(C(C)(C)C)C(=O)C4C3CC3C(=O)N(Nc4ncc(C(F)(F)F)cc4Cl)C(=O)C32c2ccc(Cl)cc2)c(Br)c(Br)c1O. The van der Waals surface area contributed by atoms with Gasteiger partial charge < -0.3 is 9.84 Å². The number of ether oxygens (including phenoxy) is 1. The summed E-state index contributed by atoms with van der Waals surface area (Å²) in [6.45, 7) is 5.30. The molecule has 54 heavy (non-hydrogen) atoms. The number of methoxy groups -OCH3 is 1. The highest BCUT2D eigenvalue weighted by molar-refractivity contribution is 9.13. The van der Waals surface area contributed by atoms with Crippen molar-refractivity contribution in [2.45, 2.75) is 56.7 Å². The van der Waals surface area contributed by atoms with Crippen molar-refractivity contribution in [3.05, 3.63) is 89.9 Å². The minimum atomic E-state index is -4.76. The quantitative estimate of drug-likeness (QED) is 0.193. The fourth-order valence-electron chi connectivity index (χ4n) is 8.77. The van der Waals surface area contributed by atoms with Crippen LogP contribution in [0.4, 0.5) is 19.0 Å². The molecule has 3 aromatic rings. The lowest BCUT2D eigenvalue weighted by Gasteiger charge is -2.51. The van der Waals surface area contributed by atoms with Crippen LogP contribution in [-0.4, -0.2) is 56.3 Å². The molecule has 17 heteroatoms. The lowest BCUT2D eigenvalue weighted by Crippen LogP contribution is -2.53. The Kier molecular flexibility index (Phi) is 9.46. The van der Waals surface area contributed by atoms with E-state index >= 15 is 4.79 Å². The fourth-order valence-corrected chi connectivity index (χ4v) is 10.1. The van der Waals surface area contributed by atoms with Crippen LogP contribution in [0.1, 0.15) is 56.2 Å². The molecule has 1 aromatic heterocycles. The molecule has 0 bridgehead atoms. The molecule has 1 saturated carbocycles. The van der Waals surface area contributed by atoms with Crippen molar-refractivity contribution in [3.8, 4) is 11.5 Å². The standard InChI is InChI=1S/C37H31Br2Cl2F3N4O6/c1-35(2,3)47-31(50)19-10-9-18-20(25(19)33(47)52)12-22-32(51)48(46-30-23(41)11-16(14-45-30)37(42,43)44)34(53)36(22,15-5-7-17(40)8-6-15)26(18)21-13-24(54-4)29(49)28(39)27(21)38/h5-9,11,13-14,19-20,22,25-26,49H,10,12H2,1-4H3,(H,45,46). The number of anilines is 1. The number of nitrogens with one attached hydrogen (secondary N) is 1. The second-order valence-electron chi connectivity index (χ2n) is 14.7. The molecule has 0 radical (unpaired) electrons. The molecule has 3 fully saturated rings. The first-order valence-corrected chi connectivity index (χ1v) is 19.1. The zero-order chi connectivity index (χ0) is 39.4. The predicted molar refractivity (Wildman–Crippen MR) is 199 cm³/mol. The van der Waals surface area contributed by atoms with Gasteiger partial charge in [0.25, 0.3) is 11.8 Å². The van der Waals surface area contributed by atoms with Crippen molar-refractivity contribution < 1.29 is 42.2 Å². The maximum Gasteiger partial charge on any atom is 0.417 e. The molecular weight excluding hydrogens is 884 g/mol. The molecular formula is C37H31Br2Cl2F3N4O6. The number of nitrogens with zero attached hydrogens (tertiary/aromatic N) is 3. The Labute approximate surface area is 334 Å². The zero-order valence-corrected chi connectivity index (χ0v) is 33.6. The van der Waals surface area contributed by atoms with Crippen LogP contribution in [0.15, 0.2) is 63.2 Å². The number of imide groups is 2. The first kappa shape index (κ1) is 38.6. The largest absolute Gasteiger partial charge is 0.503 e. The van der Waals surface area contributed by atoms with Crippen LogP contribution in [0.5, 0.6) is 11.5 Å². The molecule has 0 spiro atoms. The van der Waals surface area contributed by atoms with Gasteiger partial charge in [0.1, 0.15) is 0 Å². The summed E-state index contributed by atoms with van der Waals surface area (Å²) in [5.41, 5.74) is 0.253. The molecule has 2 aliphatic carbocycles. The number of likely N-dealkylation sites (tertiary alicyclic amines) is 1. The highest BCUT2D eigenvalue weighted by Gasteiger charge is 2.71. The number of phenolic OH excluding ortho intramolecular Hbond substituents is 1. The Morgan fingerprint density at radius 2 is 1.65 bits per heavy atom. The van der Waals surface area contributed by atoms with E-state index in [4.69, 9.17) is 27.9 Å². The second-order valence-corrected chi connectivity index (χ2v) is 17.2. The maximum absolute atomic E-state index is 15.4. The van der Waals surface area contributed by atoms with Crippen LogP contribution < -0.4 is 10.2 Å². The third-order valence-electron chi connectivity index (χ3n) is 10.9. The predicted octanol–water partition coefficient (Wildman–Crippen LogP) is 8.43. The van der Waals surface area contributed by atoms with Gasteiger partial charge in [0.15, 0.2) is 17.3 Å². The van der Waals surface area contributed by atoms with Crippen LogP contribution in [0.25, 0.3) is 0 Å². The Morgan fingerprint density at radius 1 is 0.981 bits per heavy atom. The topological polar surface area (TPSA) is 129 Å². The van der Waals surface area contributed by atoms with E-state index in [0.29, 0.717) is 43.5 Å². The summed E-state index contributed by atoms with van der Waals surface area (Å²) in [6, 6.07) is 8.57. The number of halogens is 7. The Hall–Kier alpha value is -3.66. The third kappa shape index (κ3) is 5.66. The van der Waals surface area contributed by atoms with E-state index in [0.717, 1.165) is 0 Å². The highest BCUT2D eigenvalue weighted by atomic mass is 79.9. The zero-order valence-electron chi connectivity index (χ0n) is 28.9. The number of aromatic hydroxyl groups is 1. The Bertz CT molecular complexity index is 2180. The van der Waals surface area contributed by atoms with Crippen molar-refractivity contribution in [2.75, 3.05) is 12.5 Å². The number of fused-ring (bicyclic) bond motifs is 4. The summed E-state index contributed by atoms with van der Waals surface area (Å²) in [5, 5.41) is 11.5. The average molecular weight is 915 g/mol. The van der Waals surface area contributed by atoms with E-state index in [1.165, 1.54) is 12.0 Å². The molecule has 2 aliphatic heterocycles. The van der Waals surface area contributed by atoms with Crippen LogP contribution in [0.2, 0.25) is 10.0 Å². The van der Waals surface area contributed by atoms with Crippen LogP contribution in [-0.2, 0) is 30.8 Å². The van der Waals surface area contributed by atoms with E-state index in [1.807, 2.05) is 6.08 Å². The van der Waals surface area contributed by atoms with Gasteiger partial charge in [0, 0.05) is 27.1 Å². The highest BCUT2D eigenvalue weighted by Crippen LogP contribution is 2.66. The molecule has 10 nitrogen and oxygen atoms in total. The van der Waals surface area contributed by atoms with E-state index in [9.17, 15) is 32.7 Å². The summed E-state index contributed by atoms with van der Waals surface area (Å²) in [5.74, 6) is -7.38. The molecule has 6 unspecified atom stereocenters. The van der Waals surface area contributed by atoms with Crippen molar-refractivity contribution in [3.63, 3.8) is 0 Å². The summed E-state index contributed by atoms with van der Waals surface area (Å²) < 4.78 is 46.5. The first-order valence-electron chi connectivity index (χ1n) is 16.7. The number of rotatable bonds is 5. The molecule has 2 saturated heterocycles. The van der Waals surface area contributed by atoms with Gasteiger partial charge in [-0.25, -0.2) is 4.98 Å². The van der Waals surface area contributed by atoms with Crippen LogP contribution in [0.3, 0.4) is 0 Å². The molecule has 4 aliphatic rings. The van der Waals surface area contributed by atoms with Gasteiger partial charge in [0.2, 0.25) is 11.8 Å². The molecule has 2 aromatic carbocycles. The number of pyridine rings is 1. The lowest BCUT2D eigenvalue weighted by atomic mass is 9.49. The summed E-state index contributed by atoms with van der Waals surface area (Å²) in [6.07, 6.45) is -2.23. The number of benzene rings is 2. The molecule has 2 N–H and O–H groups in total. The number of phenols is 1. The van der Waals surface area contributed by atoms with Crippen molar-refractivity contribution >= 4 is 84.5 Å². The van der Waals surface area contributed by atoms with E-state index < -0.39 is 69.1 Å². The van der Waals surface area contributed by atoms with E-state index in [-0.39, 0.29) is 46.4 Å². The molecule has 3 heterocycles. The lowest BCUT2D eigenvalue weighted by molar-refractivity contribution is -0.146. The van der Waals surface area contributed by atoms with Crippen LogP contribution in [0, 0.1) is 23.7 Å². The number of hydrazine groups is 1. The van der Waals surface area contributed by atoms with Crippen molar-refractivity contribution in [1.29, 1.82) is 0 Å². The molecule has 284 valence electrons. The number of hydrogen-bond acceptors (Lipinski definition) is 8. The number of aromatic nitrogens is 1. The second kappa shape index (κ2) is 13.2. The minimum absolute atomic E-state index is 0.0396. The number of carbonyl (C=O) groups excluding carboxylic acids is 4. The van der Waals surface area contributed by atoms with Gasteiger partial charge in [0.05, 0.1) is 45.3 Å². The van der Waals surface area contributed by atoms with Gasteiger partial charge in [-0.1, -0.05) is 47.0 Å². The number of amides is 4. The smallest absolute Gasteiger partial charge is 0.417 e. The van der Waals surface area contributed by atoms with E-state index in [1.54, 1.807) is 51.1 Å². The fraction of sp³-hybridized carbons (Fsp3) is 0.378. The van der Waals surface area contributed by atoms with Crippen LogP contribution >= 0.6 is 55.1 Å². The normalized spacial score (nSPS) is 26.8. The maximum atomic E-state index is 15.4. The van der Waals surface area contributed by atoms with Gasteiger partial charge in [-0.2, -0.15) is 18.2 Å². The molecule has 4 amide bonds. The first-order chi connectivity index (χ1) is 25.2. The molecule has 7 rings (SSSR count). The number of hydrogen-bond donors (Lipinski definition) is 2. The third-order valence-corrected chi connectivity index (χ3v) is 13.6. The van der Waals surface area contributed by atoms with Gasteiger partial charge in [-0.05, 0) is 107 Å². The monoisotopic (exact) mass is 912 g/mol. The Balaban J connectivity index is 1.49. The van der Waals surface area contributed by atoms with Crippen molar-refractivity contribution in [2.24, 2.45) is 23.7 Å².